The summed E-state index contributed by atoms with van der Waals surface area (Å²) in [7, 11) is 0. The summed E-state index contributed by atoms with van der Waals surface area (Å²) >= 11 is 0. The second kappa shape index (κ2) is 12.6. The zero-order valence-corrected chi connectivity index (χ0v) is 29.9. The highest BCUT2D eigenvalue weighted by atomic mass is 15.0. The molecule has 0 amide bonds. The van der Waals surface area contributed by atoms with Crippen molar-refractivity contribution in [3.8, 4) is 50.7 Å². The lowest BCUT2D eigenvalue weighted by Crippen LogP contribution is -1.96. The number of aromatic nitrogens is 3. The number of fused-ring (bicyclic) bond motifs is 9. The van der Waals surface area contributed by atoms with Gasteiger partial charge in [-0.3, -0.25) is 0 Å². The fraction of sp³-hybridized carbons (Fsp3) is 0. The Kier molecular flexibility index (Phi) is 7.17. The largest absolute Gasteiger partial charge is 0.309 e. The minimum Gasteiger partial charge on any atom is -0.309 e. The van der Waals surface area contributed by atoms with E-state index in [1.807, 2.05) is 24.3 Å². The van der Waals surface area contributed by atoms with Crippen LogP contribution in [0.1, 0.15) is 0 Å². The predicted molar refractivity (Wildman–Crippen MR) is 231 cm³/mol. The molecule has 0 bridgehead atoms. The first kappa shape index (κ1) is 31.2. The molecule has 0 fully saturated rings. The number of hydrogen-bond acceptors (Lipinski definition) is 2. The zero-order chi connectivity index (χ0) is 36.3. The predicted octanol–water partition coefficient (Wildman–Crippen LogP) is 13.7. The van der Waals surface area contributed by atoms with Gasteiger partial charge in [0.2, 0.25) is 0 Å². The van der Waals surface area contributed by atoms with Crippen molar-refractivity contribution >= 4 is 54.1 Å². The van der Waals surface area contributed by atoms with Crippen LogP contribution in [0, 0.1) is 0 Å². The average Bonchev–Trinajstić information content (AvgIpc) is 3.60. The van der Waals surface area contributed by atoms with Gasteiger partial charge in [-0.15, -0.1) is 0 Å². The summed E-state index contributed by atoms with van der Waals surface area (Å²) in [6, 6.07) is 71.6. The number of para-hydroxylation sites is 2. The van der Waals surface area contributed by atoms with Crippen molar-refractivity contribution < 1.29 is 0 Å². The van der Waals surface area contributed by atoms with Gasteiger partial charge in [0.05, 0.1) is 22.4 Å². The molecule has 3 nitrogen and oxygen atoms in total. The molecule has 0 aliphatic heterocycles. The summed E-state index contributed by atoms with van der Waals surface area (Å²) in [6.07, 6.45) is 0. The van der Waals surface area contributed by atoms with Crippen molar-refractivity contribution in [2.45, 2.75) is 0 Å². The molecule has 0 aliphatic rings. The molecular formula is C52H33N3. The molecule has 0 saturated carbocycles. The summed E-state index contributed by atoms with van der Waals surface area (Å²) in [5.74, 6) is 0.712. The van der Waals surface area contributed by atoms with Crippen LogP contribution < -0.4 is 0 Å². The molecule has 0 N–H and O–H groups in total. The third-order valence-electron chi connectivity index (χ3n) is 11.0. The average molecular weight is 700 g/mol. The van der Waals surface area contributed by atoms with E-state index >= 15 is 0 Å². The monoisotopic (exact) mass is 699 g/mol. The van der Waals surface area contributed by atoms with E-state index < -0.39 is 0 Å². The number of rotatable bonds is 5. The summed E-state index contributed by atoms with van der Waals surface area (Å²) in [5.41, 5.74) is 10.9. The summed E-state index contributed by atoms with van der Waals surface area (Å²) in [5, 5.41) is 9.88. The van der Waals surface area contributed by atoms with Crippen molar-refractivity contribution in [3.05, 3.63) is 200 Å². The summed E-state index contributed by atoms with van der Waals surface area (Å²) < 4.78 is 2.38. The van der Waals surface area contributed by atoms with Crippen LogP contribution in [0.4, 0.5) is 0 Å². The van der Waals surface area contributed by atoms with Crippen molar-refractivity contribution in [3.63, 3.8) is 0 Å². The highest BCUT2D eigenvalue weighted by Gasteiger charge is 2.18. The lowest BCUT2D eigenvalue weighted by atomic mass is 9.88. The van der Waals surface area contributed by atoms with E-state index in [2.05, 4.69) is 180 Å². The molecule has 11 aromatic rings. The Bertz CT molecular complexity index is 3180. The highest BCUT2D eigenvalue weighted by Crippen LogP contribution is 2.43. The fourth-order valence-corrected chi connectivity index (χ4v) is 8.47. The Balaban J connectivity index is 1.18. The molecule has 2 heterocycles. The Hall–Kier alpha value is -7.36. The van der Waals surface area contributed by atoms with Crippen LogP contribution in [0.2, 0.25) is 0 Å². The van der Waals surface area contributed by atoms with Crippen LogP contribution in [0.5, 0.6) is 0 Å². The fourth-order valence-electron chi connectivity index (χ4n) is 8.47. The highest BCUT2D eigenvalue weighted by molar-refractivity contribution is 6.29. The summed E-state index contributed by atoms with van der Waals surface area (Å²) in [6.45, 7) is 0. The standard InChI is InChI=1S/C52H33N3/c1-4-15-34(16-5-1)47-33-48(54-52(53-47)35-17-6-2-7-18-35)37-27-29-42-40-21-10-11-22-41(40)44-25-14-24-39(51(44)46(42)32-37)36-28-30-50-45(31-36)43-23-12-13-26-49(43)55(50)38-19-8-3-9-20-38/h1-33H. The van der Waals surface area contributed by atoms with Crippen LogP contribution in [-0.4, -0.2) is 14.5 Å². The van der Waals surface area contributed by atoms with Gasteiger partial charge >= 0.3 is 0 Å². The van der Waals surface area contributed by atoms with E-state index in [4.69, 9.17) is 9.97 Å². The van der Waals surface area contributed by atoms with E-state index in [1.165, 1.54) is 65.3 Å². The SMILES string of the molecule is c1ccc(-c2cc(-c3ccc4c5ccccc5c5cccc(-c6ccc7c(c6)c6ccccc6n7-c6ccccc6)c5c4c3)nc(-c3ccccc3)n2)cc1. The van der Waals surface area contributed by atoms with Crippen molar-refractivity contribution in [1.29, 1.82) is 0 Å². The molecule has 55 heavy (non-hydrogen) atoms. The molecule has 0 spiro atoms. The maximum Gasteiger partial charge on any atom is 0.160 e. The molecule has 0 radical (unpaired) electrons. The molecule has 0 saturated heterocycles. The first-order valence-electron chi connectivity index (χ1n) is 18.7. The van der Waals surface area contributed by atoms with Gasteiger partial charge in [-0.1, -0.05) is 158 Å². The van der Waals surface area contributed by atoms with Gasteiger partial charge in [0.25, 0.3) is 0 Å². The maximum absolute atomic E-state index is 5.21. The molecule has 11 rings (SSSR count). The van der Waals surface area contributed by atoms with Gasteiger partial charge in [0.1, 0.15) is 0 Å². The topological polar surface area (TPSA) is 30.7 Å². The smallest absolute Gasteiger partial charge is 0.160 e. The third kappa shape index (κ3) is 5.13. The van der Waals surface area contributed by atoms with Crippen LogP contribution in [0.25, 0.3) is 105 Å². The lowest BCUT2D eigenvalue weighted by Gasteiger charge is -2.16. The quantitative estimate of drug-likeness (QED) is 0.167. The van der Waals surface area contributed by atoms with Gasteiger partial charge in [-0.2, -0.15) is 0 Å². The first-order chi connectivity index (χ1) is 27.3. The van der Waals surface area contributed by atoms with Crippen LogP contribution in [-0.2, 0) is 0 Å². The summed E-state index contributed by atoms with van der Waals surface area (Å²) in [4.78, 5) is 10.3. The Morgan fingerprint density at radius 1 is 0.309 bits per heavy atom. The van der Waals surface area contributed by atoms with Crippen molar-refractivity contribution in [1.82, 2.24) is 14.5 Å². The van der Waals surface area contributed by atoms with E-state index in [0.29, 0.717) is 5.82 Å². The first-order valence-corrected chi connectivity index (χ1v) is 18.7. The number of benzene rings is 9. The van der Waals surface area contributed by atoms with Gasteiger partial charge in [-0.05, 0) is 85.9 Å². The zero-order valence-electron chi connectivity index (χ0n) is 29.9. The van der Waals surface area contributed by atoms with Gasteiger partial charge in [0, 0.05) is 33.2 Å². The third-order valence-corrected chi connectivity index (χ3v) is 11.0. The molecule has 2 aromatic heterocycles. The molecule has 9 aromatic carbocycles. The minimum atomic E-state index is 0.712. The Morgan fingerprint density at radius 3 is 1.62 bits per heavy atom. The second-order valence-corrected chi connectivity index (χ2v) is 14.1. The second-order valence-electron chi connectivity index (χ2n) is 14.1. The van der Waals surface area contributed by atoms with Crippen LogP contribution >= 0.6 is 0 Å². The Labute approximate surface area is 318 Å². The van der Waals surface area contributed by atoms with Gasteiger partial charge in [0.15, 0.2) is 5.82 Å². The molecule has 3 heteroatoms. The normalized spacial score (nSPS) is 11.6. The van der Waals surface area contributed by atoms with Crippen LogP contribution in [0.15, 0.2) is 200 Å². The Morgan fingerprint density at radius 2 is 0.855 bits per heavy atom. The molecule has 256 valence electrons. The molecule has 0 aliphatic carbocycles. The van der Waals surface area contributed by atoms with Gasteiger partial charge < -0.3 is 4.57 Å². The molecular weight excluding hydrogens is 667 g/mol. The lowest BCUT2D eigenvalue weighted by molar-refractivity contribution is 1.18. The van der Waals surface area contributed by atoms with Crippen LogP contribution in [0.3, 0.4) is 0 Å². The number of nitrogens with zero attached hydrogens (tertiary/aromatic N) is 3. The van der Waals surface area contributed by atoms with Crippen molar-refractivity contribution in [2.24, 2.45) is 0 Å². The minimum absolute atomic E-state index is 0.712. The van der Waals surface area contributed by atoms with E-state index in [-0.39, 0.29) is 0 Å². The maximum atomic E-state index is 5.21. The molecule has 0 atom stereocenters. The molecule has 0 unspecified atom stereocenters. The number of hydrogen-bond donors (Lipinski definition) is 0. The van der Waals surface area contributed by atoms with E-state index in [1.54, 1.807) is 0 Å². The van der Waals surface area contributed by atoms with E-state index in [9.17, 15) is 0 Å². The van der Waals surface area contributed by atoms with Crippen molar-refractivity contribution in [2.75, 3.05) is 0 Å². The van der Waals surface area contributed by atoms with E-state index in [0.717, 1.165) is 33.8 Å². The van der Waals surface area contributed by atoms with Gasteiger partial charge in [-0.25, -0.2) is 9.97 Å².